The molecule has 85 valence electrons. The standard InChI is InChI=1S/C12H11BNO3/c1-16-12-5-3-2-4-10(12)11-7-6-9(8-14-11)17-13-15/h2-8,15H,1H3. The third-order valence-corrected chi connectivity index (χ3v) is 2.31. The largest absolute Gasteiger partial charge is 0.569 e. The summed E-state index contributed by atoms with van der Waals surface area (Å²) < 4.78 is 10.1. The molecule has 5 heteroatoms. The van der Waals surface area contributed by atoms with Crippen molar-refractivity contribution in [2.75, 3.05) is 7.11 Å². The first-order valence-corrected chi connectivity index (χ1v) is 5.07. The van der Waals surface area contributed by atoms with Crippen molar-refractivity contribution in [1.82, 2.24) is 4.98 Å². The molecule has 2 aromatic rings. The van der Waals surface area contributed by atoms with Crippen molar-refractivity contribution in [1.29, 1.82) is 0 Å². The van der Waals surface area contributed by atoms with Gasteiger partial charge in [0.2, 0.25) is 0 Å². The quantitative estimate of drug-likeness (QED) is 0.808. The molecule has 0 aliphatic carbocycles. The number of rotatable bonds is 4. The van der Waals surface area contributed by atoms with E-state index in [9.17, 15) is 0 Å². The Morgan fingerprint density at radius 1 is 1.18 bits per heavy atom. The molecular formula is C12H11BNO3. The van der Waals surface area contributed by atoms with E-state index in [0.29, 0.717) is 13.4 Å². The first kappa shape index (κ1) is 11.5. The highest BCUT2D eigenvalue weighted by Crippen LogP contribution is 2.28. The normalized spacial score (nSPS) is 9.76. The summed E-state index contributed by atoms with van der Waals surface area (Å²) in [6.07, 6.45) is 1.54. The molecule has 17 heavy (non-hydrogen) atoms. The van der Waals surface area contributed by atoms with Crippen LogP contribution in [0, 0.1) is 0 Å². The topological polar surface area (TPSA) is 51.6 Å². The molecule has 1 aromatic carbocycles. The predicted octanol–water partition coefficient (Wildman–Crippen LogP) is 1.66. The first-order chi connectivity index (χ1) is 8.35. The van der Waals surface area contributed by atoms with Gasteiger partial charge in [-0.2, -0.15) is 0 Å². The van der Waals surface area contributed by atoms with Crippen molar-refractivity contribution in [3.05, 3.63) is 42.6 Å². The molecule has 1 heterocycles. The molecule has 0 saturated carbocycles. The molecule has 0 spiro atoms. The van der Waals surface area contributed by atoms with Gasteiger partial charge in [0.1, 0.15) is 11.5 Å². The molecule has 0 saturated heterocycles. The van der Waals surface area contributed by atoms with Crippen LogP contribution in [0.15, 0.2) is 42.6 Å². The van der Waals surface area contributed by atoms with Crippen LogP contribution in [0.5, 0.6) is 11.5 Å². The van der Waals surface area contributed by atoms with Crippen LogP contribution in [0.25, 0.3) is 11.3 Å². The van der Waals surface area contributed by atoms with Gasteiger partial charge in [-0.3, -0.25) is 4.98 Å². The molecule has 4 nitrogen and oxygen atoms in total. The molecule has 0 amide bonds. The molecule has 0 unspecified atom stereocenters. The van der Waals surface area contributed by atoms with Crippen molar-refractivity contribution < 1.29 is 14.4 Å². The average Bonchev–Trinajstić information content (AvgIpc) is 2.40. The molecular weight excluding hydrogens is 217 g/mol. The molecule has 0 bridgehead atoms. The minimum atomic E-state index is 0.478. The highest BCUT2D eigenvalue weighted by molar-refractivity contribution is 6.17. The number of hydrogen-bond donors (Lipinski definition) is 1. The minimum absolute atomic E-state index is 0.478. The van der Waals surface area contributed by atoms with E-state index in [0.717, 1.165) is 17.0 Å². The molecule has 0 fully saturated rings. The highest BCUT2D eigenvalue weighted by Gasteiger charge is 2.06. The third-order valence-electron chi connectivity index (χ3n) is 2.31. The number of methoxy groups -OCH3 is 1. The van der Waals surface area contributed by atoms with E-state index in [1.54, 1.807) is 19.2 Å². The molecule has 1 radical (unpaired) electrons. The van der Waals surface area contributed by atoms with Crippen LogP contribution < -0.4 is 9.39 Å². The fourth-order valence-corrected chi connectivity index (χ4v) is 1.53. The Balaban J connectivity index is 2.33. The van der Waals surface area contributed by atoms with E-state index in [1.807, 2.05) is 24.3 Å². The summed E-state index contributed by atoms with van der Waals surface area (Å²) in [5.74, 6) is 1.24. The summed E-state index contributed by atoms with van der Waals surface area (Å²) in [6.45, 7) is 0. The Morgan fingerprint density at radius 2 is 2.00 bits per heavy atom. The second-order valence-electron chi connectivity index (χ2n) is 3.30. The van der Waals surface area contributed by atoms with Gasteiger partial charge >= 0.3 is 7.69 Å². The van der Waals surface area contributed by atoms with E-state index in [1.165, 1.54) is 6.20 Å². The van der Waals surface area contributed by atoms with Crippen molar-refractivity contribution in [3.63, 3.8) is 0 Å². The third kappa shape index (κ3) is 2.57. The van der Waals surface area contributed by atoms with Gasteiger partial charge in [0.05, 0.1) is 19.0 Å². The number of para-hydroxylation sites is 1. The Morgan fingerprint density at radius 3 is 2.65 bits per heavy atom. The second-order valence-corrected chi connectivity index (χ2v) is 3.30. The molecule has 2 rings (SSSR count). The lowest BCUT2D eigenvalue weighted by molar-refractivity contribution is 0.416. The zero-order valence-corrected chi connectivity index (χ0v) is 9.33. The Hall–Kier alpha value is -2.01. The van der Waals surface area contributed by atoms with Gasteiger partial charge in [-0.05, 0) is 24.3 Å². The summed E-state index contributed by atoms with van der Waals surface area (Å²) in [6, 6.07) is 11.2. The van der Waals surface area contributed by atoms with E-state index in [4.69, 9.17) is 14.4 Å². The number of nitrogens with zero attached hydrogens (tertiary/aromatic N) is 1. The maximum Gasteiger partial charge on any atom is 0.569 e. The minimum Gasteiger partial charge on any atom is -0.536 e. The number of benzene rings is 1. The Labute approximate surface area is 100 Å². The van der Waals surface area contributed by atoms with Gasteiger partial charge < -0.3 is 14.4 Å². The lowest BCUT2D eigenvalue weighted by atomic mass is 10.1. The summed E-state index contributed by atoms with van der Waals surface area (Å²) >= 11 is 0. The van der Waals surface area contributed by atoms with Gasteiger partial charge in [-0.25, -0.2) is 0 Å². The second kappa shape index (κ2) is 5.36. The number of pyridine rings is 1. The van der Waals surface area contributed by atoms with Crippen molar-refractivity contribution in [2.24, 2.45) is 0 Å². The van der Waals surface area contributed by atoms with Crippen molar-refractivity contribution in [3.8, 4) is 22.8 Å². The van der Waals surface area contributed by atoms with E-state index < -0.39 is 0 Å². The molecule has 0 atom stereocenters. The SMILES string of the molecule is COc1ccccc1-c1ccc(O[B]O)cn1. The monoisotopic (exact) mass is 228 g/mol. The lowest BCUT2D eigenvalue weighted by Crippen LogP contribution is -2.00. The lowest BCUT2D eigenvalue weighted by Gasteiger charge is -2.08. The molecule has 0 aliphatic heterocycles. The van der Waals surface area contributed by atoms with Gasteiger partial charge in [0, 0.05) is 5.56 Å². The smallest absolute Gasteiger partial charge is 0.536 e. The fraction of sp³-hybridized carbons (Fsp3) is 0.0833. The summed E-state index contributed by atoms with van der Waals surface area (Å²) in [5, 5.41) is 8.49. The zero-order chi connectivity index (χ0) is 12.1. The Kier molecular flexibility index (Phi) is 3.62. The summed E-state index contributed by atoms with van der Waals surface area (Å²) in [4.78, 5) is 4.24. The van der Waals surface area contributed by atoms with Crippen LogP contribution in [0.1, 0.15) is 0 Å². The summed E-state index contributed by atoms with van der Waals surface area (Å²) in [5.41, 5.74) is 1.70. The fourth-order valence-electron chi connectivity index (χ4n) is 1.53. The van der Waals surface area contributed by atoms with Crippen LogP contribution in [0.4, 0.5) is 0 Å². The summed E-state index contributed by atoms with van der Waals surface area (Å²) in [7, 11) is 2.25. The van der Waals surface area contributed by atoms with Crippen LogP contribution in [0.3, 0.4) is 0 Å². The van der Waals surface area contributed by atoms with E-state index >= 15 is 0 Å². The van der Waals surface area contributed by atoms with Crippen molar-refractivity contribution >= 4 is 7.69 Å². The van der Waals surface area contributed by atoms with Crippen LogP contribution in [0.2, 0.25) is 0 Å². The van der Waals surface area contributed by atoms with E-state index in [2.05, 4.69) is 4.98 Å². The molecule has 0 aliphatic rings. The number of hydrogen-bond acceptors (Lipinski definition) is 4. The average molecular weight is 228 g/mol. The number of ether oxygens (including phenoxy) is 1. The van der Waals surface area contributed by atoms with Gasteiger partial charge in [0.15, 0.2) is 0 Å². The van der Waals surface area contributed by atoms with E-state index in [-0.39, 0.29) is 0 Å². The zero-order valence-electron chi connectivity index (χ0n) is 9.33. The van der Waals surface area contributed by atoms with Gasteiger partial charge in [0.25, 0.3) is 0 Å². The van der Waals surface area contributed by atoms with Gasteiger partial charge in [-0.15, -0.1) is 0 Å². The maximum atomic E-state index is 8.49. The predicted molar refractivity (Wildman–Crippen MR) is 64.8 cm³/mol. The molecule has 1 N–H and O–H groups in total. The van der Waals surface area contributed by atoms with Crippen molar-refractivity contribution in [2.45, 2.75) is 0 Å². The maximum absolute atomic E-state index is 8.49. The van der Waals surface area contributed by atoms with Crippen LogP contribution >= 0.6 is 0 Å². The number of aromatic nitrogens is 1. The van der Waals surface area contributed by atoms with Crippen LogP contribution in [-0.2, 0) is 0 Å². The molecule has 1 aromatic heterocycles. The Bertz CT molecular complexity index is 487. The highest BCUT2D eigenvalue weighted by atomic mass is 16.5. The van der Waals surface area contributed by atoms with Crippen LogP contribution in [-0.4, -0.2) is 24.8 Å². The first-order valence-electron chi connectivity index (χ1n) is 5.07. The van der Waals surface area contributed by atoms with Gasteiger partial charge in [-0.1, -0.05) is 12.1 Å².